The third kappa shape index (κ3) is 7.37. The number of methoxy groups -OCH3 is 2. The molecule has 0 fully saturated rings. The van der Waals surface area contributed by atoms with Crippen molar-refractivity contribution in [1.82, 2.24) is 5.32 Å². The summed E-state index contributed by atoms with van der Waals surface area (Å²) < 4.78 is 16.8. The summed E-state index contributed by atoms with van der Waals surface area (Å²) in [5.74, 6) is 2.55. The smallest absolute Gasteiger partial charge is 0.161 e. The Labute approximate surface area is 209 Å². The van der Waals surface area contributed by atoms with E-state index in [0.717, 1.165) is 62.4 Å². The van der Waals surface area contributed by atoms with E-state index < -0.39 is 0 Å². The molecule has 3 aromatic carbocycles. The lowest BCUT2D eigenvalue weighted by Crippen LogP contribution is -2.17. The van der Waals surface area contributed by atoms with E-state index in [4.69, 9.17) is 14.2 Å². The Balaban J connectivity index is 1.11. The zero-order chi connectivity index (χ0) is 24.3. The molecule has 0 spiro atoms. The molecule has 0 heterocycles. The predicted octanol–water partition coefficient (Wildman–Crippen LogP) is 6.62. The maximum Gasteiger partial charge on any atom is 0.161 e. The number of aryl methyl sites for hydroxylation is 2. The van der Waals surface area contributed by atoms with Gasteiger partial charge in [-0.15, -0.1) is 0 Å². The molecule has 0 atom stereocenters. The minimum Gasteiger partial charge on any atom is -0.493 e. The predicted molar refractivity (Wildman–Crippen MR) is 143 cm³/mol. The van der Waals surface area contributed by atoms with E-state index in [9.17, 15) is 0 Å². The van der Waals surface area contributed by atoms with Gasteiger partial charge in [-0.3, -0.25) is 0 Å². The molecule has 0 saturated carbocycles. The molecule has 0 unspecified atom stereocenters. The van der Waals surface area contributed by atoms with Crippen LogP contribution in [0.4, 0.5) is 0 Å². The van der Waals surface area contributed by atoms with Crippen molar-refractivity contribution < 1.29 is 14.2 Å². The van der Waals surface area contributed by atoms with Crippen LogP contribution >= 0.6 is 0 Å². The fraction of sp³-hybridized carbons (Fsp3) is 0.355. The van der Waals surface area contributed by atoms with Crippen molar-refractivity contribution in [3.63, 3.8) is 0 Å². The van der Waals surface area contributed by atoms with Crippen LogP contribution in [-0.4, -0.2) is 27.3 Å². The first-order valence-electron chi connectivity index (χ1n) is 12.7. The van der Waals surface area contributed by atoms with Gasteiger partial charge in [0.15, 0.2) is 11.5 Å². The molecule has 35 heavy (non-hydrogen) atoms. The number of hydrogen-bond acceptors (Lipinski definition) is 4. The lowest BCUT2D eigenvalue weighted by Gasteiger charge is -2.19. The average Bonchev–Trinajstić information content (AvgIpc) is 2.91. The topological polar surface area (TPSA) is 39.7 Å². The minimum atomic E-state index is 0.608. The first-order chi connectivity index (χ1) is 17.2. The summed E-state index contributed by atoms with van der Waals surface area (Å²) in [5, 5.41) is 3.61. The Bertz CT molecular complexity index is 1090. The van der Waals surface area contributed by atoms with E-state index in [1.54, 1.807) is 14.2 Å². The maximum atomic E-state index is 5.88. The van der Waals surface area contributed by atoms with E-state index in [-0.39, 0.29) is 0 Å². The van der Waals surface area contributed by atoms with E-state index >= 15 is 0 Å². The Morgan fingerprint density at radius 2 is 1.46 bits per heavy atom. The third-order valence-electron chi connectivity index (χ3n) is 6.56. The number of rotatable bonds is 13. The zero-order valence-electron chi connectivity index (χ0n) is 21.0. The summed E-state index contributed by atoms with van der Waals surface area (Å²) in [6.45, 7) is 2.71. The molecule has 4 rings (SSSR count). The Morgan fingerprint density at radius 1 is 0.743 bits per heavy atom. The van der Waals surface area contributed by atoms with Crippen molar-refractivity contribution in [2.24, 2.45) is 0 Å². The Kier molecular flexibility index (Phi) is 9.24. The second kappa shape index (κ2) is 13.0. The lowest BCUT2D eigenvalue weighted by atomic mass is 9.89. The zero-order valence-corrected chi connectivity index (χ0v) is 21.0. The van der Waals surface area contributed by atoms with Crippen LogP contribution in [0.3, 0.4) is 0 Å². The Hall–Kier alpha value is -3.24. The first kappa shape index (κ1) is 24.9. The van der Waals surface area contributed by atoms with E-state index in [2.05, 4.69) is 59.9 Å². The molecule has 0 radical (unpaired) electrons. The quantitative estimate of drug-likeness (QED) is 0.285. The van der Waals surface area contributed by atoms with E-state index in [1.807, 2.05) is 18.2 Å². The Morgan fingerprint density at radius 3 is 2.20 bits per heavy atom. The van der Waals surface area contributed by atoms with Gasteiger partial charge in [0.2, 0.25) is 0 Å². The van der Waals surface area contributed by atoms with Crippen LogP contribution in [-0.2, 0) is 19.4 Å². The van der Waals surface area contributed by atoms with Gasteiger partial charge < -0.3 is 19.5 Å². The molecule has 3 aromatic rings. The molecule has 0 saturated heterocycles. The van der Waals surface area contributed by atoms with E-state index in [1.165, 1.54) is 34.2 Å². The minimum absolute atomic E-state index is 0.608. The van der Waals surface area contributed by atoms with Gasteiger partial charge in [-0.2, -0.15) is 0 Å². The number of nitrogens with one attached hydrogen (secondary N) is 1. The highest BCUT2D eigenvalue weighted by molar-refractivity contribution is 5.64. The van der Waals surface area contributed by atoms with Crippen molar-refractivity contribution in [3.8, 4) is 17.2 Å². The number of allylic oxidation sites excluding steroid dienone is 1. The van der Waals surface area contributed by atoms with Gasteiger partial charge in [-0.25, -0.2) is 0 Å². The fourth-order valence-electron chi connectivity index (χ4n) is 4.55. The molecule has 0 bridgehead atoms. The van der Waals surface area contributed by atoms with Gasteiger partial charge in [0.25, 0.3) is 0 Å². The van der Waals surface area contributed by atoms with Gasteiger partial charge in [-0.05, 0) is 98.1 Å². The second-order valence-corrected chi connectivity index (χ2v) is 9.08. The van der Waals surface area contributed by atoms with Crippen LogP contribution < -0.4 is 19.5 Å². The van der Waals surface area contributed by atoms with Crippen LogP contribution in [0.25, 0.3) is 6.08 Å². The monoisotopic (exact) mass is 471 g/mol. The largest absolute Gasteiger partial charge is 0.493 e. The number of hydrogen-bond donors (Lipinski definition) is 1. The van der Waals surface area contributed by atoms with Gasteiger partial charge in [0.05, 0.1) is 14.2 Å². The molecule has 0 amide bonds. The molecular weight excluding hydrogens is 434 g/mol. The third-order valence-corrected chi connectivity index (χ3v) is 6.56. The first-order valence-corrected chi connectivity index (χ1v) is 12.7. The summed E-state index contributed by atoms with van der Waals surface area (Å²) in [4.78, 5) is 0. The molecule has 0 aliphatic heterocycles. The molecule has 4 nitrogen and oxygen atoms in total. The number of fused-ring (bicyclic) bond motifs is 1. The van der Waals surface area contributed by atoms with Gasteiger partial charge >= 0.3 is 0 Å². The molecule has 184 valence electrons. The summed E-state index contributed by atoms with van der Waals surface area (Å²) in [7, 11) is 3.39. The lowest BCUT2D eigenvalue weighted by molar-refractivity contribution is 0.306. The fourth-order valence-corrected chi connectivity index (χ4v) is 4.55. The van der Waals surface area contributed by atoms with Gasteiger partial charge in [-0.1, -0.05) is 54.1 Å². The molecular formula is C31H37NO3. The SMILES string of the molecule is COc1cc2c(cc1OC)CCC(CCCNCCCc1ccc(OCc3ccccc3)cc1)=C2. The van der Waals surface area contributed by atoms with Crippen LogP contribution in [0, 0.1) is 0 Å². The molecule has 4 heteroatoms. The van der Waals surface area contributed by atoms with Crippen molar-refractivity contribution in [2.45, 2.75) is 45.1 Å². The maximum absolute atomic E-state index is 5.88. The van der Waals surface area contributed by atoms with Crippen molar-refractivity contribution in [2.75, 3.05) is 27.3 Å². The highest BCUT2D eigenvalue weighted by atomic mass is 16.5. The van der Waals surface area contributed by atoms with Crippen LogP contribution in [0.15, 0.2) is 72.3 Å². The summed E-state index contributed by atoms with van der Waals surface area (Å²) in [6, 6.07) is 23.0. The van der Waals surface area contributed by atoms with Crippen molar-refractivity contribution >= 4 is 6.08 Å². The average molecular weight is 472 g/mol. The van der Waals surface area contributed by atoms with Gasteiger partial charge in [0, 0.05) is 0 Å². The standard InChI is InChI=1S/C31H37NO3/c1-33-30-21-27-15-12-25(20-28(27)22-31(30)34-2)11-7-19-32-18-6-10-24-13-16-29(17-14-24)35-23-26-8-4-3-5-9-26/h3-5,8-9,13-14,16-17,20-22,32H,6-7,10-12,15,18-19,23H2,1-2H3. The van der Waals surface area contributed by atoms with Crippen LogP contribution in [0.2, 0.25) is 0 Å². The number of ether oxygens (including phenoxy) is 3. The molecule has 1 N–H and O–H groups in total. The van der Waals surface area contributed by atoms with E-state index in [0.29, 0.717) is 6.61 Å². The molecule has 0 aromatic heterocycles. The highest BCUT2D eigenvalue weighted by Crippen LogP contribution is 2.35. The van der Waals surface area contributed by atoms with Crippen LogP contribution in [0.5, 0.6) is 17.2 Å². The summed E-state index contributed by atoms with van der Waals surface area (Å²) >= 11 is 0. The highest BCUT2D eigenvalue weighted by Gasteiger charge is 2.14. The second-order valence-electron chi connectivity index (χ2n) is 9.08. The molecule has 1 aliphatic rings. The van der Waals surface area contributed by atoms with Crippen molar-refractivity contribution in [3.05, 3.63) is 94.6 Å². The molecule has 1 aliphatic carbocycles. The van der Waals surface area contributed by atoms with Crippen molar-refractivity contribution in [1.29, 1.82) is 0 Å². The normalized spacial score (nSPS) is 12.6. The summed E-state index contributed by atoms with van der Waals surface area (Å²) in [6.07, 6.45) is 9.08. The van der Waals surface area contributed by atoms with Gasteiger partial charge in [0.1, 0.15) is 12.4 Å². The van der Waals surface area contributed by atoms with Crippen LogP contribution in [0.1, 0.15) is 47.9 Å². The summed E-state index contributed by atoms with van der Waals surface area (Å²) in [5.41, 5.74) is 6.69. The number of benzene rings is 3.